The van der Waals surface area contributed by atoms with Gasteiger partial charge in [-0.1, -0.05) is 29.8 Å². The molecular formula is C29H35ClN4O3. The Kier molecular flexibility index (Phi) is 10.1. The molecule has 1 aliphatic rings. The first-order valence-corrected chi connectivity index (χ1v) is 12.7. The van der Waals surface area contributed by atoms with Gasteiger partial charge < -0.3 is 15.0 Å². The van der Waals surface area contributed by atoms with Gasteiger partial charge in [-0.3, -0.25) is 19.5 Å². The predicted molar refractivity (Wildman–Crippen MR) is 148 cm³/mol. The second kappa shape index (κ2) is 13.2. The number of pyridine rings is 1. The quantitative estimate of drug-likeness (QED) is 0.409. The van der Waals surface area contributed by atoms with Gasteiger partial charge in [0.1, 0.15) is 6.10 Å². The van der Waals surface area contributed by atoms with E-state index in [2.05, 4.69) is 22.1 Å². The van der Waals surface area contributed by atoms with Gasteiger partial charge in [-0.05, 0) is 82.3 Å². The molecule has 8 heteroatoms. The maximum absolute atomic E-state index is 13.2. The van der Waals surface area contributed by atoms with Crippen LogP contribution in [0.5, 0.6) is 5.75 Å². The molecule has 0 aliphatic carbocycles. The minimum atomic E-state index is -0.257. The molecule has 0 bridgehead atoms. The number of aryl methyl sites for hydroxylation is 1. The molecule has 2 amide bonds. The molecule has 196 valence electrons. The summed E-state index contributed by atoms with van der Waals surface area (Å²) >= 11 is 6.02. The maximum atomic E-state index is 13.2. The van der Waals surface area contributed by atoms with E-state index >= 15 is 0 Å². The second-order valence-corrected chi connectivity index (χ2v) is 9.86. The Labute approximate surface area is 224 Å². The number of nitrogens with one attached hydrogen (secondary N) is 1. The Morgan fingerprint density at radius 1 is 1.14 bits per heavy atom. The van der Waals surface area contributed by atoms with E-state index in [9.17, 15) is 9.59 Å². The summed E-state index contributed by atoms with van der Waals surface area (Å²) in [7, 11) is 2.03. The van der Waals surface area contributed by atoms with E-state index in [1.807, 2.05) is 69.1 Å². The van der Waals surface area contributed by atoms with Crippen LogP contribution >= 0.6 is 11.6 Å². The fourth-order valence-corrected chi connectivity index (χ4v) is 4.24. The molecule has 0 fully saturated rings. The molecule has 0 saturated carbocycles. The van der Waals surface area contributed by atoms with Crippen molar-refractivity contribution in [3.05, 3.63) is 88.7 Å². The first kappa shape index (κ1) is 28.2. The third kappa shape index (κ3) is 7.54. The minimum absolute atomic E-state index is 0.0243. The summed E-state index contributed by atoms with van der Waals surface area (Å²) in [5, 5.41) is 3.36. The number of carbonyl (C=O) groups is 2. The van der Waals surface area contributed by atoms with E-state index in [0.717, 1.165) is 5.56 Å². The number of hydrogen-bond acceptors (Lipinski definition) is 5. The Morgan fingerprint density at radius 3 is 2.38 bits per heavy atom. The van der Waals surface area contributed by atoms with E-state index in [1.54, 1.807) is 30.6 Å². The van der Waals surface area contributed by atoms with Crippen LogP contribution in [-0.2, 0) is 4.79 Å². The van der Waals surface area contributed by atoms with Crippen molar-refractivity contribution in [3.8, 4) is 5.75 Å². The first-order chi connectivity index (χ1) is 17.7. The largest absolute Gasteiger partial charge is 0.484 e. The molecule has 2 heterocycles. The van der Waals surface area contributed by atoms with Gasteiger partial charge in [-0.15, -0.1) is 0 Å². The number of amides is 2. The van der Waals surface area contributed by atoms with Crippen molar-refractivity contribution < 1.29 is 14.3 Å². The van der Waals surface area contributed by atoms with Crippen molar-refractivity contribution in [1.82, 2.24) is 14.8 Å². The summed E-state index contributed by atoms with van der Waals surface area (Å²) in [6.45, 7) is 9.22. The zero-order chi connectivity index (χ0) is 26.9. The number of halogens is 1. The van der Waals surface area contributed by atoms with Gasteiger partial charge in [-0.2, -0.15) is 0 Å². The summed E-state index contributed by atoms with van der Waals surface area (Å²) in [5.74, 6) is 0.334. The number of para-hydroxylation sites is 1. The van der Waals surface area contributed by atoms with Crippen LogP contribution in [0.4, 0.5) is 5.69 Å². The second-order valence-electron chi connectivity index (χ2n) is 9.43. The molecule has 37 heavy (non-hydrogen) atoms. The van der Waals surface area contributed by atoms with Crippen LogP contribution in [0, 0.1) is 6.92 Å². The summed E-state index contributed by atoms with van der Waals surface area (Å²) in [5.41, 5.74) is 3.37. The van der Waals surface area contributed by atoms with Crippen LogP contribution in [0.25, 0.3) is 0 Å². The molecule has 0 radical (unpaired) electrons. The fraction of sp³-hybridized carbons (Fsp3) is 0.345. The van der Waals surface area contributed by atoms with Crippen LogP contribution < -0.4 is 10.1 Å². The average Bonchev–Trinajstić information content (AvgIpc) is 3.02. The summed E-state index contributed by atoms with van der Waals surface area (Å²) in [6, 6.07) is 17.1. The highest BCUT2D eigenvalue weighted by molar-refractivity contribution is 6.30. The standard InChI is InChI=1S/C23H28ClN3O3.C6H7N/c1-15(2)27-13-19(12-26(4)16(3)17-8-10-18(24)11-9-17)30-22-20(23(27)29)6-5-7-21(22)25-14-28;1-6-2-4-7-5-3-6/h5-11,14-16,19H,12-13H2,1-4H3,(H,25,28);2-5H,1H3. The van der Waals surface area contributed by atoms with Crippen molar-refractivity contribution in [2.24, 2.45) is 0 Å². The maximum Gasteiger partial charge on any atom is 0.258 e. The average molecular weight is 523 g/mol. The van der Waals surface area contributed by atoms with Gasteiger partial charge in [0.15, 0.2) is 5.75 Å². The highest BCUT2D eigenvalue weighted by Gasteiger charge is 2.33. The van der Waals surface area contributed by atoms with Crippen LogP contribution in [-0.4, -0.2) is 59.4 Å². The van der Waals surface area contributed by atoms with Gasteiger partial charge >= 0.3 is 0 Å². The highest BCUT2D eigenvalue weighted by atomic mass is 35.5. The molecule has 2 atom stereocenters. The van der Waals surface area contributed by atoms with Crippen LogP contribution in [0.2, 0.25) is 5.02 Å². The first-order valence-electron chi connectivity index (χ1n) is 12.3. The lowest BCUT2D eigenvalue weighted by Gasteiger charge is -2.32. The topological polar surface area (TPSA) is 74.8 Å². The number of rotatable bonds is 7. The van der Waals surface area contributed by atoms with Crippen molar-refractivity contribution >= 4 is 29.6 Å². The lowest BCUT2D eigenvalue weighted by atomic mass is 10.1. The predicted octanol–water partition coefficient (Wildman–Crippen LogP) is 5.60. The van der Waals surface area contributed by atoms with Gasteiger partial charge in [0.05, 0.1) is 17.8 Å². The number of hydrogen-bond donors (Lipinski definition) is 1. The lowest BCUT2D eigenvalue weighted by Crippen LogP contribution is -2.45. The molecule has 3 aromatic rings. The number of benzene rings is 2. The van der Waals surface area contributed by atoms with Crippen molar-refractivity contribution in [2.75, 3.05) is 25.5 Å². The van der Waals surface area contributed by atoms with Crippen LogP contribution in [0.1, 0.15) is 48.3 Å². The monoisotopic (exact) mass is 522 g/mol. The summed E-state index contributed by atoms with van der Waals surface area (Å²) in [4.78, 5) is 32.1. The van der Waals surface area contributed by atoms with Gasteiger partial charge in [0.2, 0.25) is 6.41 Å². The molecule has 1 N–H and O–H groups in total. The summed E-state index contributed by atoms with van der Waals surface area (Å²) < 4.78 is 6.32. The molecule has 0 saturated heterocycles. The van der Waals surface area contributed by atoms with E-state index < -0.39 is 0 Å². The Hall–Kier alpha value is -3.42. The lowest BCUT2D eigenvalue weighted by molar-refractivity contribution is -0.105. The van der Waals surface area contributed by atoms with Gasteiger partial charge in [0, 0.05) is 36.0 Å². The van der Waals surface area contributed by atoms with Crippen molar-refractivity contribution in [3.63, 3.8) is 0 Å². The van der Waals surface area contributed by atoms with Crippen molar-refractivity contribution in [2.45, 2.75) is 45.9 Å². The van der Waals surface area contributed by atoms with Crippen LogP contribution in [0.3, 0.4) is 0 Å². The normalized spacial score (nSPS) is 15.7. The van der Waals surface area contributed by atoms with Gasteiger partial charge in [0.25, 0.3) is 5.91 Å². The Bertz CT molecular complexity index is 1170. The molecule has 7 nitrogen and oxygen atoms in total. The zero-order valence-electron chi connectivity index (χ0n) is 22.0. The smallest absolute Gasteiger partial charge is 0.258 e. The third-order valence-corrected chi connectivity index (χ3v) is 6.63. The molecular weight excluding hydrogens is 488 g/mol. The van der Waals surface area contributed by atoms with Crippen LogP contribution in [0.15, 0.2) is 67.0 Å². The van der Waals surface area contributed by atoms with E-state index in [1.165, 1.54) is 5.56 Å². The van der Waals surface area contributed by atoms with E-state index in [0.29, 0.717) is 41.5 Å². The molecule has 1 aromatic heterocycles. The number of nitrogens with zero attached hydrogens (tertiary/aromatic N) is 3. The number of aromatic nitrogens is 1. The number of anilines is 1. The van der Waals surface area contributed by atoms with E-state index in [-0.39, 0.29) is 24.1 Å². The minimum Gasteiger partial charge on any atom is -0.484 e. The van der Waals surface area contributed by atoms with Crippen molar-refractivity contribution in [1.29, 1.82) is 0 Å². The summed E-state index contributed by atoms with van der Waals surface area (Å²) in [6.07, 6.45) is 3.91. The number of carbonyl (C=O) groups excluding carboxylic acids is 2. The fourth-order valence-electron chi connectivity index (χ4n) is 4.11. The molecule has 1 aliphatic heterocycles. The zero-order valence-corrected chi connectivity index (χ0v) is 22.8. The highest BCUT2D eigenvalue weighted by Crippen LogP contribution is 2.34. The van der Waals surface area contributed by atoms with Gasteiger partial charge in [-0.25, -0.2) is 0 Å². The Morgan fingerprint density at radius 2 is 1.81 bits per heavy atom. The SMILES string of the molecule is CC(c1ccc(Cl)cc1)N(C)CC1CN(C(C)C)C(=O)c2cccc(NC=O)c2O1.Cc1ccncc1. The number of ether oxygens (including phenoxy) is 1. The molecule has 2 aromatic carbocycles. The molecule has 0 spiro atoms. The number of likely N-dealkylation sites (N-methyl/N-ethyl adjacent to an activating group) is 1. The Balaban J connectivity index is 0.000000468. The molecule has 4 rings (SSSR count). The molecule has 2 unspecified atom stereocenters. The van der Waals surface area contributed by atoms with E-state index in [4.69, 9.17) is 16.3 Å². The third-order valence-electron chi connectivity index (χ3n) is 6.38. The number of fused-ring (bicyclic) bond motifs is 1.